The zero-order valence-corrected chi connectivity index (χ0v) is 29.1. The Morgan fingerprint density at radius 3 is 2.50 bits per heavy atom. The second-order valence-corrected chi connectivity index (χ2v) is 17.9. The average Bonchev–Trinajstić information content (AvgIpc) is 3.38. The maximum absolute atomic E-state index is 13.8. The molecule has 0 bridgehead atoms. The van der Waals surface area contributed by atoms with Crippen LogP contribution in [-0.2, 0) is 15.7 Å². The highest BCUT2D eigenvalue weighted by Gasteiger charge is 2.42. The molecule has 1 saturated carbocycles. The van der Waals surface area contributed by atoms with E-state index in [1.165, 1.54) is 24.2 Å². The van der Waals surface area contributed by atoms with Crippen molar-refractivity contribution in [2.45, 2.75) is 63.2 Å². The van der Waals surface area contributed by atoms with Crippen LogP contribution in [0.25, 0.3) is 10.1 Å². The number of nitrogens with zero attached hydrogens (tertiary/aromatic N) is 2. The second-order valence-electron chi connectivity index (χ2n) is 13.7. The second kappa shape index (κ2) is 14.3. The van der Waals surface area contributed by atoms with E-state index in [-0.39, 0.29) is 24.8 Å². The van der Waals surface area contributed by atoms with Crippen molar-refractivity contribution in [1.82, 2.24) is 4.90 Å². The lowest BCUT2D eigenvalue weighted by atomic mass is 9.76. The Balaban J connectivity index is 1.15. The van der Waals surface area contributed by atoms with Crippen molar-refractivity contribution in [3.63, 3.8) is 0 Å². The predicted octanol–water partition coefficient (Wildman–Crippen LogP) is 7.46. The van der Waals surface area contributed by atoms with Crippen LogP contribution in [0.3, 0.4) is 0 Å². The average molecular weight is 699 g/mol. The van der Waals surface area contributed by atoms with E-state index in [4.69, 9.17) is 14.7 Å². The Hall–Kier alpha value is -3.21. The molecule has 12 heteroatoms. The van der Waals surface area contributed by atoms with Gasteiger partial charge in [0.05, 0.1) is 47.1 Å². The quantitative estimate of drug-likeness (QED) is 0.177. The largest absolute Gasteiger partial charge is 0.477 e. The number of halogens is 3. The fourth-order valence-corrected chi connectivity index (χ4v) is 9.13. The van der Waals surface area contributed by atoms with Crippen molar-refractivity contribution in [2.24, 2.45) is 5.41 Å². The van der Waals surface area contributed by atoms with Crippen LogP contribution in [0.2, 0.25) is 0 Å². The van der Waals surface area contributed by atoms with E-state index in [9.17, 15) is 17.7 Å². The van der Waals surface area contributed by atoms with E-state index >= 15 is 0 Å². The summed E-state index contributed by atoms with van der Waals surface area (Å²) in [7, 11) is -2.55. The summed E-state index contributed by atoms with van der Waals surface area (Å²) in [6, 6.07) is 13.4. The zero-order chi connectivity index (χ0) is 33.9. The van der Waals surface area contributed by atoms with E-state index in [1.54, 1.807) is 37.6 Å². The van der Waals surface area contributed by atoms with Crippen molar-refractivity contribution in [1.29, 1.82) is 5.26 Å². The predicted molar refractivity (Wildman–Crippen MR) is 187 cm³/mol. The first-order chi connectivity index (χ1) is 22.9. The lowest BCUT2D eigenvalue weighted by molar-refractivity contribution is -0.143. The number of alkyl halides is 3. The van der Waals surface area contributed by atoms with Crippen LogP contribution in [0.4, 0.5) is 24.5 Å². The highest BCUT2D eigenvalue weighted by molar-refractivity contribution is 7.70. The molecule has 7 nitrogen and oxygen atoms in total. The van der Waals surface area contributed by atoms with Crippen molar-refractivity contribution in [3.05, 3.63) is 46.8 Å². The van der Waals surface area contributed by atoms with Crippen LogP contribution in [0.5, 0.6) is 5.75 Å². The number of rotatable bonds is 9. The Morgan fingerprint density at radius 1 is 1.10 bits per heavy atom. The molecule has 3 heterocycles. The zero-order valence-electron chi connectivity index (χ0n) is 27.4. The molecule has 1 spiro atoms. The van der Waals surface area contributed by atoms with E-state index in [1.807, 2.05) is 18.2 Å². The summed E-state index contributed by atoms with van der Waals surface area (Å²) in [6.07, 6.45) is 1.31. The van der Waals surface area contributed by atoms with Gasteiger partial charge in [-0.05, 0) is 100 Å². The van der Waals surface area contributed by atoms with Gasteiger partial charge in [0.1, 0.15) is 19.0 Å². The Bertz CT molecular complexity index is 1760. The molecule has 1 aliphatic carbocycles. The molecule has 0 unspecified atom stereocenters. The third kappa shape index (κ3) is 8.14. The number of hydrogen-bond donors (Lipinski definition) is 2. The van der Waals surface area contributed by atoms with Crippen molar-refractivity contribution >= 4 is 45.2 Å². The molecule has 0 amide bonds. The number of fused-ring (bicyclic) bond motifs is 1. The summed E-state index contributed by atoms with van der Waals surface area (Å²) in [5.74, 6) is 6.37. The molecular weight excluding hydrogens is 656 g/mol. The molecule has 3 aromatic rings. The first-order valence-electron chi connectivity index (χ1n) is 16.5. The topological polar surface area (TPSA) is 86.6 Å². The van der Waals surface area contributed by atoms with Crippen LogP contribution in [0.1, 0.15) is 49.0 Å². The lowest BCUT2D eigenvalue weighted by Crippen LogP contribution is -2.53. The van der Waals surface area contributed by atoms with Gasteiger partial charge < -0.3 is 29.6 Å². The van der Waals surface area contributed by atoms with Crippen LogP contribution >= 0.6 is 18.5 Å². The van der Waals surface area contributed by atoms with E-state index < -0.39 is 19.7 Å². The van der Waals surface area contributed by atoms with Gasteiger partial charge in [-0.3, -0.25) is 0 Å². The van der Waals surface area contributed by atoms with Gasteiger partial charge in [0.25, 0.3) is 0 Å². The van der Waals surface area contributed by atoms with E-state index in [0.717, 1.165) is 62.4 Å². The summed E-state index contributed by atoms with van der Waals surface area (Å²) in [6.45, 7) is 7.38. The van der Waals surface area contributed by atoms with Crippen LogP contribution in [0.15, 0.2) is 36.4 Å². The summed E-state index contributed by atoms with van der Waals surface area (Å²) in [4.78, 5) is 3.06. The molecule has 3 aliphatic rings. The monoisotopic (exact) mass is 698 g/mol. The Labute approximate surface area is 284 Å². The van der Waals surface area contributed by atoms with Gasteiger partial charge in [-0.2, -0.15) is 18.4 Å². The van der Waals surface area contributed by atoms with Gasteiger partial charge in [-0.1, -0.05) is 24.0 Å². The molecule has 3 fully saturated rings. The molecule has 256 valence electrons. The number of nitriles is 1. The first-order valence-corrected chi connectivity index (χ1v) is 20.0. The smallest absolute Gasteiger partial charge is 0.393 e. The van der Waals surface area contributed by atoms with Gasteiger partial charge in [-0.25, -0.2) is 0 Å². The summed E-state index contributed by atoms with van der Waals surface area (Å²) < 4.78 is 65.8. The lowest BCUT2D eigenvalue weighted by Gasteiger charge is -2.49. The van der Waals surface area contributed by atoms with Gasteiger partial charge in [0, 0.05) is 22.8 Å². The molecule has 2 N–H and O–H groups in total. The molecule has 48 heavy (non-hydrogen) atoms. The fourth-order valence-electron chi connectivity index (χ4n) is 7.09. The number of benzene rings is 2. The maximum atomic E-state index is 13.8. The number of thiophene rings is 1. The minimum Gasteiger partial charge on any atom is -0.477 e. The summed E-state index contributed by atoms with van der Waals surface area (Å²) in [5, 5.41) is 17.0. The molecular formula is C36H42F3N4O3PS. The number of likely N-dealkylation sites (tertiary alicyclic amines) is 1. The normalized spacial score (nSPS) is 21.2. The Morgan fingerprint density at radius 2 is 1.85 bits per heavy atom. The molecule has 6 rings (SSSR count). The van der Waals surface area contributed by atoms with Crippen molar-refractivity contribution < 1.29 is 27.2 Å². The highest BCUT2D eigenvalue weighted by atomic mass is 32.1. The third-order valence-corrected chi connectivity index (χ3v) is 12.6. The minimum atomic E-state index is -4.38. The van der Waals surface area contributed by atoms with Gasteiger partial charge in [-0.15, -0.1) is 11.3 Å². The summed E-state index contributed by atoms with van der Waals surface area (Å²) in [5.41, 5.74) is 2.05. The number of ether oxygens (including phenoxy) is 2. The van der Waals surface area contributed by atoms with E-state index in [2.05, 4.69) is 27.4 Å². The van der Waals surface area contributed by atoms with E-state index in [0.29, 0.717) is 38.5 Å². The first kappa shape index (κ1) is 34.6. The summed E-state index contributed by atoms with van der Waals surface area (Å²) >= 11 is 1.30. The molecule has 0 radical (unpaired) electrons. The molecule has 2 saturated heterocycles. The minimum absolute atomic E-state index is 0.137. The number of piperidine rings is 1. The van der Waals surface area contributed by atoms with Crippen LogP contribution in [-0.4, -0.2) is 75.9 Å². The SMILES string of the molecule is CP(C)(=O)c1ccc(NCC#Cc2sc3c(NC4CCC(N5CCC6(CC5)COC6)CC4)cccc3c2CC(F)(F)F)c(OCC#N)c1. The van der Waals surface area contributed by atoms with Gasteiger partial charge >= 0.3 is 6.18 Å². The van der Waals surface area contributed by atoms with Crippen LogP contribution < -0.4 is 20.7 Å². The number of nitrogens with one attached hydrogen (secondary N) is 2. The fraction of sp³-hybridized carbons (Fsp3) is 0.528. The number of anilines is 2. The van der Waals surface area contributed by atoms with Gasteiger partial charge in [0.15, 0.2) is 6.61 Å². The standard InChI is InChI=1S/C36H42F3N4O3PS/c1-47(2,44)27-12-13-30(32(21-27)46-20-16-40)41-17-4-7-33-29(22-36(37,38)39)28-5-3-6-31(34(28)48-33)42-25-8-10-26(11-9-25)43-18-14-35(15-19-43)23-45-24-35/h3,5-6,12-13,21,25-26,41-42H,8-11,14-15,17-20,22-24H2,1-2H3. The Kier molecular flexibility index (Phi) is 10.3. The number of hydrogen-bond acceptors (Lipinski definition) is 8. The van der Waals surface area contributed by atoms with Crippen molar-refractivity contribution in [3.8, 4) is 23.7 Å². The third-order valence-electron chi connectivity index (χ3n) is 9.89. The molecule has 2 aliphatic heterocycles. The van der Waals surface area contributed by atoms with Gasteiger partial charge in [0.2, 0.25) is 0 Å². The van der Waals surface area contributed by atoms with Crippen molar-refractivity contribution in [2.75, 3.05) is 63.4 Å². The van der Waals surface area contributed by atoms with Crippen LogP contribution in [0, 0.1) is 28.6 Å². The maximum Gasteiger partial charge on any atom is 0.393 e. The molecule has 2 aromatic carbocycles. The molecule has 0 atom stereocenters. The molecule has 1 aromatic heterocycles. The highest BCUT2D eigenvalue weighted by Crippen LogP contribution is 2.42.